The van der Waals surface area contributed by atoms with Crippen LogP contribution in [0.1, 0.15) is 18.2 Å². The van der Waals surface area contributed by atoms with Gasteiger partial charge < -0.3 is 20.4 Å². The second-order valence-corrected chi connectivity index (χ2v) is 4.92. The largest absolute Gasteiger partial charge is 0.467 e. The van der Waals surface area contributed by atoms with Crippen molar-refractivity contribution in [3.05, 3.63) is 54.0 Å². The summed E-state index contributed by atoms with van der Waals surface area (Å²) in [6.07, 6.45) is 1.59. The van der Waals surface area contributed by atoms with E-state index in [0.29, 0.717) is 13.1 Å². The fourth-order valence-electron chi connectivity index (χ4n) is 2.15. The first-order valence-electron chi connectivity index (χ1n) is 6.94. The van der Waals surface area contributed by atoms with E-state index in [-0.39, 0.29) is 11.9 Å². The quantitative estimate of drug-likeness (QED) is 0.851. The molecule has 1 unspecified atom stereocenters. The van der Waals surface area contributed by atoms with Crippen LogP contribution in [0.5, 0.6) is 0 Å². The highest BCUT2D eigenvalue weighted by atomic mass is 16.3. The van der Waals surface area contributed by atoms with Crippen molar-refractivity contribution < 1.29 is 9.21 Å². The summed E-state index contributed by atoms with van der Waals surface area (Å²) in [7, 11) is 1.89. The van der Waals surface area contributed by atoms with E-state index in [2.05, 4.69) is 5.32 Å². The molecule has 0 bridgehead atoms. The second-order valence-electron chi connectivity index (χ2n) is 4.92. The maximum absolute atomic E-state index is 12.2. The van der Waals surface area contributed by atoms with Crippen molar-refractivity contribution in [1.82, 2.24) is 5.32 Å². The number of anilines is 1. The number of hydrogen-bond donors (Lipinski definition) is 2. The standard InChI is InChI=1S/C16H21N3O2/c1-12(16(20)18-11-14-7-5-9-21-14)19(2)15-8-4-3-6-13(15)10-17/h3-9,12H,10-11,17H2,1-2H3,(H,18,20). The number of para-hydroxylation sites is 1. The van der Waals surface area contributed by atoms with Crippen LogP contribution in [0.2, 0.25) is 0 Å². The molecule has 21 heavy (non-hydrogen) atoms. The summed E-state index contributed by atoms with van der Waals surface area (Å²) in [5, 5.41) is 2.87. The minimum Gasteiger partial charge on any atom is -0.467 e. The number of rotatable bonds is 6. The molecule has 1 atom stereocenters. The van der Waals surface area contributed by atoms with Crippen molar-refractivity contribution in [3.63, 3.8) is 0 Å². The molecule has 5 nitrogen and oxygen atoms in total. The predicted molar refractivity (Wildman–Crippen MR) is 82.8 cm³/mol. The average Bonchev–Trinajstić information content (AvgIpc) is 3.04. The minimum absolute atomic E-state index is 0.0549. The molecule has 3 N–H and O–H groups in total. The van der Waals surface area contributed by atoms with Gasteiger partial charge in [-0.2, -0.15) is 0 Å². The second kappa shape index (κ2) is 6.95. The zero-order valence-electron chi connectivity index (χ0n) is 12.4. The summed E-state index contributed by atoms with van der Waals surface area (Å²) >= 11 is 0. The molecule has 2 aromatic rings. The van der Waals surface area contributed by atoms with Crippen molar-refractivity contribution in [3.8, 4) is 0 Å². The van der Waals surface area contributed by atoms with Crippen LogP contribution in [-0.4, -0.2) is 19.0 Å². The molecule has 1 aromatic heterocycles. The summed E-state index contributed by atoms with van der Waals surface area (Å²) in [4.78, 5) is 14.2. The van der Waals surface area contributed by atoms with Gasteiger partial charge in [0.05, 0.1) is 12.8 Å². The maximum atomic E-state index is 12.2. The number of furan rings is 1. The topological polar surface area (TPSA) is 71.5 Å². The maximum Gasteiger partial charge on any atom is 0.242 e. The zero-order chi connectivity index (χ0) is 15.2. The van der Waals surface area contributed by atoms with Gasteiger partial charge in [0.1, 0.15) is 11.8 Å². The third kappa shape index (κ3) is 3.64. The average molecular weight is 287 g/mol. The Labute approximate surface area is 124 Å². The molecule has 0 spiro atoms. The van der Waals surface area contributed by atoms with E-state index in [0.717, 1.165) is 17.0 Å². The molecule has 112 valence electrons. The molecular formula is C16H21N3O2. The fourth-order valence-corrected chi connectivity index (χ4v) is 2.15. The number of nitrogens with zero attached hydrogens (tertiary/aromatic N) is 1. The number of carbonyl (C=O) groups excluding carboxylic acids is 1. The molecule has 2 rings (SSSR count). The van der Waals surface area contributed by atoms with Gasteiger partial charge in [-0.05, 0) is 30.7 Å². The number of benzene rings is 1. The summed E-state index contributed by atoms with van der Waals surface area (Å²) in [5.41, 5.74) is 7.74. The smallest absolute Gasteiger partial charge is 0.242 e. The summed E-state index contributed by atoms with van der Waals surface area (Å²) in [6, 6.07) is 11.2. The SMILES string of the molecule is CC(C(=O)NCc1ccco1)N(C)c1ccccc1CN. The van der Waals surface area contributed by atoms with Crippen molar-refractivity contribution in [1.29, 1.82) is 0 Å². The lowest BCUT2D eigenvalue weighted by Gasteiger charge is -2.27. The van der Waals surface area contributed by atoms with Crippen LogP contribution >= 0.6 is 0 Å². The van der Waals surface area contributed by atoms with E-state index < -0.39 is 0 Å². The molecule has 0 aliphatic heterocycles. The Kier molecular flexibility index (Phi) is 5.00. The van der Waals surface area contributed by atoms with Gasteiger partial charge in [-0.3, -0.25) is 4.79 Å². The first-order chi connectivity index (χ1) is 10.1. The van der Waals surface area contributed by atoms with Gasteiger partial charge >= 0.3 is 0 Å². The number of carbonyl (C=O) groups is 1. The molecule has 0 saturated carbocycles. The lowest BCUT2D eigenvalue weighted by Crippen LogP contribution is -2.43. The monoisotopic (exact) mass is 287 g/mol. The van der Waals surface area contributed by atoms with Gasteiger partial charge in [-0.1, -0.05) is 18.2 Å². The molecule has 0 aliphatic rings. The van der Waals surface area contributed by atoms with Gasteiger partial charge in [-0.15, -0.1) is 0 Å². The van der Waals surface area contributed by atoms with Crippen LogP contribution in [0.15, 0.2) is 47.1 Å². The minimum atomic E-state index is -0.298. The molecule has 1 heterocycles. The third-order valence-electron chi connectivity index (χ3n) is 3.57. The first-order valence-corrected chi connectivity index (χ1v) is 6.94. The molecular weight excluding hydrogens is 266 g/mol. The van der Waals surface area contributed by atoms with E-state index in [1.54, 1.807) is 12.3 Å². The molecule has 0 fully saturated rings. The highest BCUT2D eigenvalue weighted by Gasteiger charge is 2.19. The van der Waals surface area contributed by atoms with Gasteiger partial charge in [0, 0.05) is 19.3 Å². The number of amides is 1. The third-order valence-corrected chi connectivity index (χ3v) is 3.57. The Balaban J connectivity index is 2.00. The number of nitrogens with two attached hydrogens (primary N) is 1. The van der Waals surface area contributed by atoms with Gasteiger partial charge in [0.2, 0.25) is 5.91 Å². The summed E-state index contributed by atoms with van der Waals surface area (Å²) < 4.78 is 5.20. The van der Waals surface area contributed by atoms with Crippen LogP contribution in [0, 0.1) is 0 Å². The van der Waals surface area contributed by atoms with Crippen molar-refractivity contribution in [2.24, 2.45) is 5.73 Å². The number of nitrogens with one attached hydrogen (secondary N) is 1. The van der Waals surface area contributed by atoms with E-state index in [4.69, 9.17) is 10.2 Å². The van der Waals surface area contributed by atoms with E-state index in [1.807, 2.05) is 49.2 Å². The van der Waals surface area contributed by atoms with Crippen LogP contribution in [-0.2, 0) is 17.9 Å². The van der Waals surface area contributed by atoms with Crippen molar-refractivity contribution in [2.45, 2.75) is 26.1 Å². The van der Waals surface area contributed by atoms with Crippen molar-refractivity contribution in [2.75, 3.05) is 11.9 Å². The molecule has 0 radical (unpaired) electrons. The summed E-state index contributed by atoms with van der Waals surface area (Å²) in [6.45, 7) is 2.70. The predicted octanol–water partition coefficient (Wildman–Crippen LogP) is 1.88. The van der Waals surface area contributed by atoms with E-state index >= 15 is 0 Å². The molecule has 1 aromatic carbocycles. The zero-order valence-corrected chi connectivity index (χ0v) is 12.4. The van der Waals surface area contributed by atoms with Crippen LogP contribution in [0.4, 0.5) is 5.69 Å². The number of likely N-dealkylation sites (N-methyl/N-ethyl adjacent to an activating group) is 1. The Morgan fingerprint density at radius 3 is 2.76 bits per heavy atom. The van der Waals surface area contributed by atoms with Gasteiger partial charge in [-0.25, -0.2) is 0 Å². The molecule has 0 aliphatic carbocycles. The van der Waals surface area contributed by atoms with Crippen LogP contribution in [0.25, 0.3) is 0 Å². The van der Waals surface area contributed by atoms with Crippen LogP contribution < -0.4 is 16.0 Å². The Bertz CT molecular complexity index is 581. The lowest BCUT2D eigenvalue weighted by molar-refractivity contribution is -0.122. The highest BCUT2D eigenvalue weighted by molar-refractivity contribution is 5.84. The lowest BCUT2D eigenvalue weighted by atomic mass is 10.1. The van der Waals surface area contributed by atoms with Crippen molar-refractivity contribution >= 4 is 11.6 Å². The fraction of sp³-hybridized carbons (Fsp3) is 0.312. The van der Waals surface area contributed by atoms with Crippen LogP contribution in [0.3, 0.4) is 0 Å². The number of hydrogen-bond acceptors (Lipinski definition) is 4. The molecule has 0 saturated heterocycles. The van der Waals surface area contributed by atoms with E-state index in [1.165, 1.54) is 0 Å². The Morgan fingerprint density at radius 1 is 1.33 bits per heavy atom. The molecule has 1 amide bonds. The molecule has 5 heteroatoms. The van der Waals surface area contributed by atoms with Gasteiger partial charge in [0.25, 0.3) is 0 Å². The highest BCUT2D eigenvalue weighted by Crippen LogP contribution is 2.20. The Hall–Kier alpha value is -2.27. The normalized spacial score (nSPS) is 12.0. The van der Waals surface area contributed by atoms with Gasteiger partial charge in [0.15, 0.2) is 0 Å². The first kappa shape index (κ1) is 15.1. The van der Waals surface area contributed by atoms with E-state index in [9.17, 15) is 4.79 Å². The summed E-state index contributed by atoms with van der Waals surface area (Å²) in [5.74, 6) is 0.682. The Morgan fingerprint density at radius 2 is 2.10 bits per heavy atom.